The average Bonchev–Trinajstić information content (AvgIpc) is 2.98. The monoisotopic (exact) mass is 355 g/mol. The van der Waals surface area contributed by atoms with Gasteiger partial charge in [-0.15, -0.1) is 0 Å². The third kappa shape index (κ3) is 5.16. The van der Waals surface area contributed by atoms with Gasteiger partial charge in [0.25, 0.3) is 0 Å². The Labute approximate surface area is 156 Å². The Kier molecular flexibility index (Phi) is 7.37. The first-order valence-corrected chi connectivity index (χ1v) is 9.25. The maximum atomic E-state index is 11.1. The molecule has 1 fully saturated rings. The van der Waals surface area contributed by atoms with Gasteiger partial charge in [-0.1, -0.05) is 67.6 Å². The van der Waals surface area contributed by atoms with Crippen molar-refractivity contribution in [3.05, 3.63) is 71.8 Å². The minimum absolute atomic E-state index is 0.156. The molecule has 1 heterocycles. The highest BCUT2D eigenvalue weighted by molar-refractivity contribution is 5.66. The van der Waals surface area contributed by atoms with Gasteiger partial charge in [-0.3, -0.25) is 9.69 Å². The third-order valence-corrected chi connectivity index (χ3v) is 5.13. The predicted octanol–water partition coefficient (Wildman–Crippen LogP) is 3.69. The largest absolute Gasteiger partial charge is 0.481 e. The molecule has 2 aromatic carbocycles. The SMILES string of the molecule is CC1N(CCc2ccccc2)CCC1(O)c1ccccc1.CCC(=O)O. The summed E-state index contributed by atoms with van der Waals surface area (Å²) in [7, 11) is 0. The van der Waals surface area contributed by atoms with E-state index in [1.54, 1.807) is 6.92 Å². The van der Waals surface area contributed by atoms with Crippen LogP contribution in [0, 0.1) is 0 Å². The van der Waals surface area contributed by atoms with Crippen molar-refractivity contribution in [2.45, 2.75) is 44.8 Å². The summed E-state index contributed by atoms with van der Waals surface area (Å²) in [5, 5.41) is 18.8. The number of nitrogens with zero attached hydrogens (tertiary/aromatic N) is 1. The second kappa shape index (κ2) is 9.51. The van der Waals surface area contributed by atoms with Crippen LogP contribution < -0.4 is 0 Å². The van der Waals surface area contributed by atoms with E-state index in [9.17, 15) is 9.90 Å². The number of hydrogen-bond acceptors (Lipinski definition) is 3. The van der Waals surface area contributed by atoms with E-state index in [1.807, 2.05) is 30.3 Å². The van der Waals surface area contributed by atoms with E-state index in [4.69, 9.17) is 5.11 Å². The van der Waals surface area contributed by atoms with Gasteiger partial charge in [0.15, 0.2) is 0 Å². The van der Waals surface area contributed by atoms with E-state index in [2.05, 4.69) is 42.2 Å². The second-order valence-electron chi connectivity index (χ2n) is 6.74. The number of aliphatic hydroxyl groups is 1. The zero-order chi connectivity index (χ0) is 19.0. The standard InChI is InChI=1S/C19H23NO.C3H6O2/c1-16-19(21,18-10-6-3-7-11-18)13-15-20(16)14-12-17-8-4-2-5-9-17;1-2-3(4)5/h2-11,16,21H,12-15H2,1H3;2H2,1H3,(H,4,5). The second-order valence-corrected chi connectivity index (χ2v) is 6.74. The van der Waals surface area contributed by atoms with Crippen LogP contribution in [-0.4, -0.2) is 40.2 Å². The van der Waals surface area contributed by atoms with E-state index in [0.717, 1.165) is 31.5 Å². The molecular formula is C22H29NO3. The van der Waals surface area contributed by atoms with E-state index in [1.165, 1.54) is 5.56 Å². The Morgan fingerprint density at radius 2 is 1.65 bits per heavy atom. The average molecular weight is 355 g/mol. The molecule has 2 atom stereocenters. The van der Waals surface area contributed by atoms with E-state index >= 15 is 0 Å². The van der Waals surface area contributed by atoms with Crippen LogP contribution in [-0.2, 0) is 16.8 Å². The molecule has 0 amide bonds. The molecule has 2 aromatic rings. The summed E-state index contributed by atoms with van der Waals surface area (Å²) in [4.78, 5) is 11.8. The summed E-state index contributed by atoms with van der Waals surface area (Å²) in [5.74, 6) is -0.745. The lowest BCUT2D eigenvalue weighted by Crippen LogP contribution is -2.41. The lowest BCUT2D eigenvalue weighted by atomic mass is 9.87. The van der Waals surface area contributed by atoms with Crippen molar-refractivity contribution in [1.29, 1.82) is 0 Å². The van der Waals surface area contributed by atoms with Gasteiger partial charge >= 0.3 is 5.97 Å². The molecule has 0 aliphatic carbocycles. The molecule has 4 nitrogen and oxygen atoms in total. The Morgan fingerprint density at radius 1 is 1.12 bits per heavy atom. The van der Waals surface area contributed by atoms with Crippen molar-refractivity contribution >= 4 is 5.97 Å². The van der Waals surface area contributed by atoms with Crippen molar-refractivity contribution in [2.75, 3.05) is 13.1 Å². The van der Waals surface area contributed by atoms with Gasteiger partial charge in [0.2, 0.25) is 0 Å². The first kappa shape index (κ1) is 20.1. The summed E-state index contributed by atoms with van der Waals surface area (Å²) >= 11 is 0. The quantitative estimate of drug-likeness (QED) is 0.859. The van der Waals surface area contributed by atoms with Crippen LogP contribution in [0.3, 0.4) is 0 Å². The molecule has 0 aromatic heterocycles. The van der Waals surface area contributed by atoms with Crippen molar-refractivity contribution in [1.82, 2.24) is 4.90 Å². The van der Waals surface area contributed by atoms with E-state index in [0.29, 0.717) is 0 Å². The van der Waals surface area contributed by atoms with Crippen LogP contribution in [0.1, 0.15) is 37.8 Å². The highest BCUT2D eigenvalue weighted by Crippen LogP contribution is 2.37. The molecule has 1 saturated heterocycles. The van der Waals surface area contributed by atoms with Gasteiger partial charge in [-0.05, 0) is 30.9 Å². The number of benzene rings is 2. The fourth-order valence-corrected chi connectivity index (χ4v) is 3.35. The number of carboxylic acids is 1. The molecule has 0 bridgehead atoms. The molecule has 0 spiro atoms. The third-order valence-electron chi connectivity index (χ3n) is 5.13. The summed E-state index contributed by atoms with van der Waals surface area (Å²) in [6.45, 7) is 5.70. The maximum Gasteiger partial charge on any atom is 0.303 e. The molecule has 2 N–H and O–H groups in total. The van der Waals surface area contributed by atoms with Gasteiger partial charge in [0, 0.05) is 25.6 Å². The van der Waals surface area contributed by atoms with Crippen molar-refractivity contribution in [3.63, 3.8) is 0 Å². The van der Waals surface area contributed by atoms with Gasteiger partial charge in [0.05, 0.1) is 0 Å². The molecule has 4 heteroatoms. The Balaban J connectivity index is 0.000000431. The fourth-order valence-electron chi connectivity index (χ4n) is 3.35. The number of aliphatic carboxylic acids is 1. The Bertz CT molecular complexity index is 674. The summed E-state index contributed by atoms with van der Waals surface area (Å²) < 4.78 is 0. The molecule has 0 radical (unpaired) electrons. The molecule has 26 heavy (non-hydrogen) atoms. The van der Waals surface area contributed by atoms with Crippen molar-refractivity contribution in [3.8, 4) is 0 Å². The van der Waals surface area contributed by atoms with E-state index in [-0.39, 0.29) is 12.5 Å². The zero-order valence-electron chi connectivity index (χ0n) is 15.6. The number of carboxylic acid groups (broad SMARTS) is 1. The minimum atomic E-state index is -0.745. The number of likely N-dealkylation sites (tertiary alicyclic amines) is 1. The lowest BCUT2D eigenvalue weighted by Gasteiger charge is -2.32. The van der Waals surface area contributed by atoms with Crippen molar-refractivity contribution in [2.24, 2.45) is 0 Å². The zero-order valence-corrected chi connectivity index (χ0v) is 15.6. The van der Waals surface area contributed by atoms with Gasteiger partial charge in [-0.2, -0.15) is 0 Å². The topological polar surface area (TPSA) is 60.8 Å². The fraction of sp³-hybridized carbons (Fsp3) is 0.409. The van der Waals surface area contributed by atoms with Crippen LogP contribution >= 0.6 is 0 Å². The maximum absolute atomic E-state index is 11.1. The predicted molar refractivity (Wildman–Crippen MR) is 104 cm³/mol. The number of hydrogen-bond donors (Lipinski definition) is 2. The van der Waals surface area contributed by atoms with Crippen LogP contribution in [0.4, 0.5) is 0 Å². The highest BCUT2D eigenvalue weighted by Gasteiger charge is 2.44. The molecule has 3 rings (SSSR count). The molecular weight excluding hydrogens is 326 g/mol. The first-order valence-electron chi connectivity index (χ1n) is 9.25. The smallest absolute Gasteiger partial charge is 0.303 e. The summed E-state index contributed by atoms with van der Waals surface area (Å²) in [5.41, 5.74) is 1.69. The summed E-state index contributed by atoms with van der Waals surface area (Å²) in [6, 6.07) is 20.8. The number of carbonyl (C=O) groups is 1. The van der Waals surface area contributed by atoms with Gasteiger partial charge < -0.3 is 10.2 Å². The van der Waals surface area contributed by atoms with Crippen molar-refractivity contribution < 1.29 is 15.0 Å². The Hall–Kier alpha value is -2.17. The van der Waals surface area contributed by atoms with Crippen LogP contribution in [0.15, 0.2) is 60.7 Å². The highest BCUT2D eigenvalue weighted by atomic mass is 16.4. The summed E-state index contributed by atoms with van der Waals surface area (Å²) in [6.07, 6.45) is 2.07. The van der Waals surface area contributed by atoms with Gasteiger partial charge in [0.1, 0.15) is 5.60 Å². The lowest BCUT2D eigenvalue weighted by molar-refractivity contribution is -0.136. The minimum Gasteiger partial charge on any atom is -0.481 e. The number of rotatable bonds is 5. The molecule has 1 aliphatic heterocycles. The molecule has 140 valence electrons. The Morgan fingerprint density at radius 3 is 2.19 bits per heavy atom. The van der Waals surface area contributed by atoms with E-state index < -0.39 is 11.6 Å². The molecule has 0 saturated carbocycles. The molecule has 1 aliphatic rings. The normalized spacial score (nSPS) is 22.5. The van der Waals surface area contributed by atoms with Gasteiger partial charge in [-0.25, -0.2) is 0 Å². The van der Waals surface area contributed by atoms with Crippen LogP contribution in [0.5, 0.6) is 0 Å². The van der Waals surface area contributed by atoms with Crippen LogP contribution in [0.25, 0.3) is 0 Å². The first-order chi connectivity index (χ1) is 12.5. The van der Waals surface area contributed by atoms with Crippen LogP contribution in [0.2, 0.25) is 0 Å². The molecule has 2 unspecified atom stereocenters.